The van der Waals surface area contributed by atoms with Gasteiger partial charge in [0.2, 0.25) is 0 Å². The molecule has 0 N–H and O–H groups in total. The summed E-state index contributed by atoms with van der Waals surface area (Å²) >= 11 is 6.47. The summed E-state index contributed by atoms with van der Waals surface area (Å²) in [6.45, 7) is 2.77. The number of likely N-dealkylation sites (N-methyl/N-ethyl adjacent to an activating group) is 1. The van der Waals surface area contributed by atoms with Gasteiger partial charge in [0.05, 0.1) is 22.6 Å². The molecule has 0 saturated carbocycles. The summed E-state index contributed by atoms with van der Waals surface area (Å²) in [7, 11) is 2.15. The molecule has 0 fully saturated rings. The molecule has 25 heavy (non-hydrogen) atoms. The fourth-order valence-corrected chi connectivity index (χ4v) is 3.50. The van der Waals surface area contributed by atoms with Crippen LogP contribution in [0.1, 0.15) is 5.56 Å². The topological polar surface area (TPSA) is 32.3 Å². The fourth-order valence-electron chi connectivity index (χ4n) is 3.26. The zero-order valence-corrected chi connectivity index (χ0v) is 14.8. The molecular formula is C20H19ClN4. The van der Waals surface area contributed by atoms with E-state index in [1.54, 1.807) is 18.6 Å². The SMILES string of the molecule is CN1CCN(c2ccccc2Cl)c2ccc(-c3cnccn3)cc2C1. The maximum Gasteiger partial charge on any atom is 0.0885 e. The van der Waals surface area contributed by atoms with Gasteiger partial charge in [-0.05, 0) is 36.9 Å². The van der Waals surface area contributed by atoms with Crippen LogP contribution < -0.4 is 4.90 Å². The number of hydrogen-bond donors (Lipinski definition) is 0. The number of aromatic nitrogens is 2. The van der Waals surface area contributed by atoms with Gasteiger partial charge in [0, 0.05) is 43.3 Å². The summed E-state index contributed by atoms with van der Waals surface area (Å²) in [4.78, 5) is 13.2. The highest BCUT2D eigenvalue weighted by atomic mass is 35.5. The van der Waals surface area contributed by atoms with Crippen molar-refractivity contribution in [1.29, 1.82) is 0 Å². The maximum absolute atomic E-state index is 6.47. The number of anilines is 2. The first-order valence-corrected chi connectivity index (χ1v) is 8.70. The molecule has 0 aliphatic carbocycles. The first-order valence-electron chi connectivity index (χ1n) is 8.32. The van der Waals surface area contributed by atoms with Crippen LogP contribution in [0.3, 0.4) is 0 Å². The molecule has 0 bridgehead atoms. The second-order valence-electron chi connectivity index (χ2n) is 6.27. The third-order valence-electron chi connectivity index (χ3n) is 4.52. The fraction of sp³-hybridized carbons (Fsp3) is 0.200. The lowest BCUT2D eigenvalue weighted by Crippen LogP contribution is -2.26. The molecule has 1 aromatic heterocycles. The predicted molar refractivity (Wildman–Crippen MR) is 102 cm³/mol. The van der Waals surface area contributed by atoms with Gasteiger partial charge in [0.25, 0.3) is 0 Å². The molecule has 0 saturated heterocycles. The van der Waals surface area contributed by atoms with Gasteiger partial charge in [0.15, 0.2) is 0 Å². The molecule has 4 rings (SSSR count). The average molecular weight is 351 g/mol. The monoisotopic (exact) mass is 350 g/mol. The Kier molecular flexibility index (Phi) is 4.38. The first-order chi connectivity index (χ1) is 12.2. The van der Waals surface area contributed by atoms with E-state index in [1.807, 2.05) is 18.2 Å². The number of halogens is 1. The molecule has 0 amide bonds. The number of rotatable bonds is 2. The number of benzene rings is 2. The van der Waals surface area contributed by atoms with E-state index in [0.29, 0.717) is 0 Å². The van der Waals surface area contributed by atoms with E-state index in [2.05, 4.69) is 51.1 Å². The number of hydrogen-bond acceptors (Lipinski definition) is 4. The number of nitrogens with zero attached hydrogens (tertiary/aromatic N) is 4. The smallest absolute Gasteiger partial charge is 0.0885 e. The number of para-hydroxylation sites is 1. The first kappa shape index (κ1) is 16.1. The van der Waals surface area contributed by atoms with E-state index in [9.17, 15) is 0 Å². The predicted octanol–water partition coefficient (Wildman–Crippen LogP) is 4.38. The highest BCUT2D eigenvalue weighted by molar-refractivity contribution is 6.33. The van der Waals surface area contributed by atoms with Crippen molar-refractivity contribution in [1.82, 2.24) is 14.9 Å². The third kappa shape index (κ3) is 3.23. The molecule has 5 heteroatoms. The molecule has 3 aromatic rings. The molecule has 2 heterocycles. The molecule has 0 atom stereocenters. The van der Waals surface area contributed by atoms with Crippen molar-refractivity contribution in [2.24, 2.45) is 0 Å². The summed E-state index contributed by atoms with van der Waals surface area (Å²) < 4.78 is 0. The second-order valence-corrected chi connectivity index (χ2v) is 6.68. The van der Waals surface area contributed by atoms with Gasteiger partial charge in [0.1, 0.15) is 0 Å². The summed E-state index contributed by atoms with van der Waals surface area (Å²) in [5, 5.41) is 0.774. The van der Waals surface area contributed by atoms with Crippen molar-refractivity contribution in [2.45, 2.75) is 6.54 Å². The lowest BCUT2D eigenvalue weighted by Gasteiger charge is -2.26. The highest BCUT2D eigenvalue weighted by Crippen LogP contribution is 2.36. The van der Waals surface area contributed by atoms with Gasteiger partial charge in [-0.2, -0.15) is 0 Å². The zero-order valence-electron chi connectivity index (χ0n) is 14.1. The second kappa shape index (κ2) is 6.82. The largest absolute Gasteiger partial charge is 0.339 e. The minimum atomic E-state index is 0.774. The molecule has 0 radical (unpaired) electrons. The van der Waals surface area contributed by atoms with Crippen molar-refractivity contribution in [3.8, 4) is 11.3 Å². The van der Waals surface area contributed by atoms with Crippen LogP contribution in [0.5, 0.6) is 0 Å². The van der Waals surface area contributed by atoms with Gasteiger partial charge < -0.3 is 9.80 Å². The molecule has 126 valence electrons. The van der Waals surface area contributed by atoms with Crippen LogP contribution in [-0.2, 0) is 6.54 Å². The maximum atomic E-state index is 6.47. The average Bonchev–Trinajstić information content (AvgIpc) is 2.80. The van der Waals surface area contributed by atoms with Gasteiger partial charge in [-0.25, -0.2) is 0 Å². The normalized spacial score (nSPS) is 14.9. The summed E-state index contributed by atoms with van der Waals surface area (Å²) in [5.74, 6) is 0. The highest BCUT2D eigenvalue weighted by Gasteiger charge is 2.21. The van der Waals surface area contributed by atoms with E-state index in [1.165, 1.54) is 11.3 Å². The van der Waals surface area contributed by atoms with Crippen molar-refractivity contribution < 1.29 is 0 Å². The quantitative estimate of drug-likeness (QED) is 0.686. The van der Waals surface area contributed by atoms with Crippen LogP contribution in [0.4, 0.5) is 11.4 Å². The minimum Gasteiger partial charge on any atom is -0.339 e. The van der Waals surface area contributed by atoms with E-state index in [-0.39, 0.29) is 0 Å². The Bertz CT molecular complexity index is 882. The standard InChI is InChI=1S/C20H19ClN4/c1-24-10-11-25(20-5-3-2-4-17(20)21)19-7-6-15(12-16(19)14-24)18-13-22-8-9-23-18/h2-9,12-13H,10-11,14H2,1H3. The van der Waals surface area contributed by atoms with Crippen LogP contribution in [-0.4, -0.2) is 35.0 Å². The van der Waals surface area contributed by atoms with E-state index < -0.39 is 0 Å². The number of fused-ring (bicyclic) bond motifs is 1. The van der Waals surface area contributed by atoms with E-state index >= 15 is 0 Å². The van der Waals surface area contributed by atoms with Crippen molar-refractivity contribution >= 4 is 23.0 Å². The molecule has 2 aromatic carbocycles. The summed E-state index contributed by atoms with van der Waals surface area (Å²) in [6, 6.07) is 14.5. The van der Waals surface area contributed by atoms with Crippen LogP contribution in [0, 0.1) is 0 Å². The molecule has 1 aliphatic rings. The molecule has 0 spiro atoms. The van der Waals surface area contributed by atoms with Crippen LogP contribution >= 0.6 is 11.6 Å². The minimum absolute atomic E-state index is 0.774. The Hall–Kier alpha value is -2.43. The van der Waals surface area contributed by atoms with Crippen LogP contribution in [0.15, 0.2) is 61.1 Å². The van der Waals surface area contributed by atoms with Gasteiger partial charge in [-0.15, -0.1) is 0 Å². The van der Waals surface area contributed by atoms with Crippen LogP contribution in [0.2, 0.25) is 5.02 Å². The van der Waals surface area contributed by atoms with Gasteiger partial charge >= 0.3 is 0 Å². The van der Waals surface area contributed by atoms with Crippen molar-refractivity contribution in [3.05, 3.63) is 71.6 Å². The lowest BCUT2D eigenvalue weighted by molar-refractivity contribution is 0.343. The molecule has 0 unspecified atom stereocenters. The third-order valence-corrected chi connectivity index (χ3v) is 4.84. The summed E-state index contributed by atoms with van der Waals surface area (Å²) in [5.41, 5.74) is 5.49. The Labute approximate surface area is 152 Å². The Morgan fingerprint density at radius 3 is 2.68 bits per heavy atom. The Morgan fingerprint density at radius 2 is 1.88 bits per heavy atom. The van der Waals surface area contributed by atoms with E-state index in [4.69, 9.17) is 11.6 Å². The zero-order chi connectivity index (χ0) is 17.2. The van der Waals surface area contributed by atoms with Gasteiger partial charge in [-0.1, -0.05) is 29.8 Å². The molecule has 1 aliphatic heterocycles. The summed E-state index contributed by atoms with van der Waals surface area (Å²) in [6.07, 6.45) is 5.22. The van der Waals surface area contributed by atoms with Crippen molar-refractivity contribution in [2.75, 3.05) is 25.0 Å². The Balaban J connectivity index is 1.81. The van der Waals surface area contributed by atoms with Crippen molar-refractivity contribution in [3.63, 3.8) is 0 Å². The van der Waals surface area contributed by atoms with Gasteiger partial charge in [-0.3, -0.25) is 9.97 Å². The molecular weight excluding hydrogens is 332 g/mol. The molecule has 4 nitrogen and oxygen atoms in total. The van der Waals surface area contributed by atoms with E-state index in [0.717, 1.165) is 41.6 Å². The lowest BCUT2D eigenvalue weighted by atomic mass is 10.0. The Morgan fingerprint density at radius 1 is 1.00 bits per heavy atom. The van der Waals surface area contributed by atoms with Crippen LogP contribution in [0.25, 0.3) is 11.3 Å².